The van der Waals surface area contributed by atoms with Gasteiger partial charge in [-0.3, -0.25) is 4.90 Å². The highest BCUT2D eigenvalue weighted by Gasteiger charge is 2.28. The second-order valence-electron chi connectivity index (χ2n) is 6.21. The zero-order chi connectivity index (χ0) is 15.2. The second kappa shape index (κ2) is 7.57. The van der Waals surface area contributed by atoms with E-state index in [9.17, 15) is 5.11 Å². The summed E-state index contributed by atoms with van der Waals surface area (Å²) in [6, 6.07) is 20.8. The SMILES string of the molecule is O[C@H](c1ccccc1)[C@@H](Cc1ccccc1)N1CCCCC1. The van der Waals surface area contributed by atoms with Crippen LogP contribution < -0.4 is 0 Å². The van der Waals surface area contributed by atoms with Crippen molar-refractivity contribution in [2.75, 3.05) is 13.1 Å². The highest BCUT2D eigenvalue weighted by Crippen LogP contribution is 2.26. The van der Waals surface area contributed by atoms with Gasteiger partial charge in [0.2, 0.25) is 0 Å². The van der Waals surface area contributed by atoms with Gasteiger partial charge in [-0.05, 0) is 43.5 Å². The molecular weight excluding hydrogens is 270 g/mol. The maximum atomic E-state index is 11.0. The van der Waals surface area contributed by atoms with E-state index in [1.165, 1.54) is 24.8 Å². The molecule has 1 fully saturated rings. The van der Waals surface area contributed by atoms with Crippen LogP contribution in [0, 0.1) is 0 Å². The Morgan fingerprint density at radius 2 is 1.41 bits per heavy atom. The highest BCUT2D eigenvalue weighted by molar-refractivity contribution is 5.22. The normalized spacial score (nSPS) is 18.8. The summed E-state index contributed by atoms with van der Waals surface area (Å²) in [6.45, 7) is 2.20. The first-order chi connectivity index (χ1) is 10.8. The molecule has 0 aromatic heterocycles. The molecular formula is C20H25NO. The molecule has 3 rings (SSSR count). The van der Waals surface area contributed by atoms with Gasteiger partial charge < -0.3 is 5.11 Å². The number of hydrogen-bond acceptors (Lipinski definition) is 2. The minimum atomic E-state index is -0.431. The Labute approximate surface area is 133 Å². The van der Waals surface area contributed by atoms with Crippen molar-refractivity contribution in [1.29, 1.82) is 0 Å². The first-order valence-electron chi connectivity index (χ1n) is 8.35. The van der Waals surface area contributed by atoms with Gasteiger partial charge in [-0.1, -0.05) is 67.1 Å². The summed E-state index contributed by atoms with van der Waals surface area (Å²) >= 11 is 0. The van der Waals surface area contributed by atoms with Gasteiger partial charge in [-0.2, -0.15) is 0 Å². The summed E-state index contributed by atoms with van der Waals surface area (Å²) < 4.78 is 0. The molecule has 2 aromatic carbocycles. The van der Waals surface area contributed by atoms with E-state index in [1.54, 1.807) is 0 Å². The number of hydrogen-bond donors (Lipinski definition) is 1. The van der Waals surface area contributed by atoms with Crippen LogP contribution in [0.25, 0.3) is 0 Å². The minimum absolute atomic E-state index is 0.157. The lowest BCUT2D eigenvalue weighted by atomic mass is 9.93. The third kappa shape index (κ3) is 3.76. The zero-order valence-electron chi connectivity index (χ0n) is 13.1. The van der Waals surface area contributed by atoms with Crippen LogP contribution in [0.5, 0.6) is 0 Å². The molecule has 2 heteroatoms. The van der Waals surface area contributed by atoms with Gasteiger partial charge in [0.1, 0.15) is 0 Å². The van der Waals surface area contributed by atoms with Crippen molar-refractivity contribution >= 4 is 0 Å². The van der Waals surface area contributed by atoms with E-state index in [0.717, 1.165) is 25.1 Å². The molecule has 2 aromatic rings. The van der Waals surface area contributed by atoms with E-state index < -0.39 is 6.10 Å². The van der Waals surface area contributed by atoms with Crippen LogP contribution in [0.15, 0.2) is 60.7 Å². The highest BCUT2D eigenvalue weighted by atomic mass is 16.3. The summed E-state index contributed by atoms with van der Waals surface area (Å²) in [5, 5.41) is 11.0. The molecule has 0 spiro atoms. The molecule has 22 heavy (non-hydrogen) atoms. The fourth-order valence-corrected chi connectivity index (χ4v) is 3.42. The molecule has 1 N–H and O–H groups in total. The quantitative estimate of drug-likeness (QED) is 0.906. The second-order valence-corrected chi connectivity index (χ2v) is 6.21. The summed E-state index contributed by atoms with van der Waals surface area (Å²) in [5.41, 5.74) is 2.32. The average molecular weight is 295 g/mol. The topological polar surface area (TPSA) is 23.5 Å². The van der Waals surface area contributed by atoms with E-state index in [0.29, 0.717) is 0 Å². The Morgan fingerprint density at radius 3 is 2.05 bits per heavy atom. The van der Waals surface area contributed by atoms with Crippen LogP contribution in [0.4, 0.5) is 0 Å². The van der Waals surface area contributed by atoms with Crippen LogP contribution in [-0.4, -0.2) is 29.1 Å². The third-order valence-corrected chi connectivity index (χ3v) is 4.65. The fraction of sp³-hybridized carbons (Fsp3) is 0.400. The molecule has 0 unspecified atom stereocenters. The molecule has 1 aliphatic heterocycles. The summed E-state index contributed by atoms with van der Waals surface area (Å²) in [6.07, 6.45) is 4.27. The minimum Gasteiger partial charge on any atom is -0.387 e. The predicted molar refractivity (Wildman–Crippen MR) is 90.8 cm³/mol. The van der Waals surface area contributed by atoms with E-state index in [4.69, 9.17) is 0 Å². The van der Waals surface area contributed by atoms with Crippen LogP contribution >= 0.6 is 0 Å². The van der Waals surface area contributed by atoms with Crippen LogP contribution in [0.3, 0.4) is 0 Å². The van der Waals surface area contributed by atoms with Gasteiger partial charge in [0.25, 0.3) is 0 Å². The molecule has 1 aliphatic rings. The Balaban J connectivity index is 1.81. The predicted octanol–water partition coefficient (Wildman–Crippen LogP) is 3.82. The van der Waals surface area contributed by atoms with Crippen molar-refractivity contribution < 1.29 is 5.11 Å². The number of likely N-dealkylation sites (tertiary alicyclic amines) is 1. The van der Waals surface area contributed by atoms with Gasteiger partial charge >= 0.3 is 0 Å². The summed E-state index contributed by atoms with van der Waals surface area (Å²) in [5.74, 6) is 0. The molecule has 1 saturated heterocycles. The van der Waals surface area contributed by atoms with Gasteiger partial charge in [0.15, 0.2) is 0 Å². The maximum absolute atomic E-state index is 11.0. The van der Waals surface area contributed by atoms with E-state index in [2.05, 4.69) is 29.2 Å². The van der Waals surface area contributed by atoms with Crippen molar-refractivity contribution in [2.24, 2.45) is 0 Å². The molecule has 0 bridgehead atoms. The number of rotatable bonds is 5. The van der Waals surface area contributed by atoms with Crippen molar-refractivity contribution in [3.63, 3.8) is 0 Å². The number of piperidine rings is 1. The fourth-order valence-electron chi connectivity index (χ4n) is 3.42. The standard InChI is InChI=1S/C20H25NO/c22-20(18-12-6-2-7-13-18)19(21-14-8-3-9-15-21)16-17-10-4-1-5-11-17/h1-2,4-7,10-13,19-20,22H,3,8-9,14-16H2/t19-,20-/m1/s1. The van der Waals surface area contributed by atoms with Gasteiger partial charge in [0, 0.05) is 6.04 Å². The first kappa shape index (κ1) is 15.3. The largest absolute Gasteiger partial charge is 0.387 e. The molecule has 2 atom stereocenters. The molecule has 116 valence electrons. The molecule has 0 saturated carbocycles. The smallest absolute Gasteiger partial charge is 0.0948 e. The summed E-state index contributed by atoms with van der Waals surface area (Å²) in [4.78, 5) is 2.48. The summed E-state index contributed by atoms with van der Waals surface area (Å²) in [7, 11) is 0. The van der Waals surface area contributed by atoms with Crippen molar-refractivity contribution in [2.45, 2.75) is 37.8 Å². The Bertz CT molecular complexity index is 548. The Kier molecular flexibility index (Phi) is 5.25. The van der Waals surface area contributed by atoms with Gasteiger partial charge in [-0.25, -0.2) is 0 Å². The van der Waals surface area contributed by atoms with Crippen molar-refractivity contribution in [3.8, 4) is 0 Å². The molecule has 0 amide bonds. The van der Waals surface area contributed by atoms with E-state index >= 15 is 0 Å². The first-order valence-corrected chi connectivity index (χ1v) is 8.35. The monoisotopic (exact) mass is 295 g/mol. The van der Waals surface area contributed by atoms with E-state index in [-0.39, 0.29) is 6.04 Å². The molecule has 1 heterocycles. The zero-order valence-corrected chi connectivity index (χ0v) is 13.1. The Hall–Kier alpha value is -1.64. The van der Waals surface area contributed by atoms with Crippen LogP contribution in [0.1, 0.15) is 36.5 Å². The van der Waals surface area contributed by atoms with Crippen LogP contribution in [-0.2, 0) is 6.42 Å². The Morgan fingerprint density at radius 1 is 0.818 bits per heavy atom. The van der Waals surface area contributed by atoms with Gasteiger partial charge in [-0.15, -0.1) is 0 Å². The average Bonchev–Trinajstić information content (AvgIpc) is 2.61. The van der Waals surface area contributed by atoms with Crippen molar-refractivity contribution in [3.05, 3.63) is 71.8 Å². The lowest BCUT2D eigenvalue weighted by Crippen LogP contribution is -2.44. The van der Waals surface area contributed by atoms with E-state index in [1.807, 2.05) is 36.4 Å². The third-order valence-electron chi connectivity index (χ3n) is 4.65. The number of aliphatic hydroxyl groups excluding tert-OH is 1. The van der Waals surface area contributed by atoms with Gasteiger partial charge in [0.05, 0.1) is 6.10 Å². The molecule has 0 aliphatic carbocycles. The maximum Gasteiger partial charge on any atom is 0.0948 e. The molecule has 0 radical (unpaired) electrons. The lowest BCUT2D eigenvalue weighted by molar-refractivity contribution is 0.0373. The number of benzene rings is 2. The lowest BCUT2D eigenvalue weighted by Gasteiger charge is -2.37. The van der Waals surface area contributed by atoms with Crippen LogP contribution in [0.2, 0.25) is 0 Å². The number of nitrogens with zero attached hydrogens (tertiary/aromatic N) is 1. The molecule has 2 nitrogen and oxygen atoms in total. The number of aliphatic hydroxyl groups is 1. The van der Waals surface area contributed by atoms with Crippen molar-refractivity contribution in [1.82, 2.24) is 4.90 Å².